The number of hydrogen-bond donors (Lipinski definition) is 1. The van der Waals surface area contributed by atoms with E-state index in [4.69, 9.17) is 14.6 Å². The summed E-state index contributed by atoms with van der Waals surface area (Å²) in [5.74, 6) is 2.31. The van der Waals surface area contributed by atoms with Gasteiger partial charge < -0.3 is 24.3 Å². The van der Waals surface area contributed by atoms with Crippen molar-refractivity contribution in [2.45, 2.75) is 26.4 Å². The van der Waals surface area contributed by atoms with Gasteiger partial charge in [0.1, 0.15) is 17.3 Å². The number of aromatic nitrogens is 3. The summed E-state index contributed by atoms with van der Waals surface area (Å²) in [6.45, 7) is 4.78. The van der Waals surface area contributed by atoms with Crippen molar-refractivity contribution in [1.82, 2.24) is 19.2 Å². The molecule has 0 saturated heterocycles. The van der Waals surface area contributed by atoms with Gasteiger partial charge in [-0.1, -0.05) is 42.5 Å². The van der Waals surface area contributed by atoms with E-state index in [2.05, 4.69) is 16.0 Å². The highest BCUT2D eigenvalue weighted by Gasteiger charge is 2.36. The molecular weight excluding hydrogens is 502 g/mol. The first kappa shape index (κ1) is 25.3. The lowest BCUT2D eigenvalue weighted by Crippen LogP contribution is -2.38. The third kappa shape index (κ3) is 4.47. The molecule has 0 aliphatic carbocycles. The van der Waals surface area contributed by atoms with E-state index in [1.807, 2.05) is 115 Å². The van der Waals surface area contributed by atoms with Gasteiger partial charge in [-0.2, -0.15) is 5.10 Å². The number of carbonyl (C=O) groups is 1. The highest BCUT2D eigenvalue weighted by atomic mass is 16.5. The Balaban J connectivity index is 1.51. The average molecular weight is 534 g/mol. The molecule has 0 unspecified atom stereocenters. The molecule has 1 aliphatic rings. The second-order valence-electron chi connectivity index (χ2n) is 9.60. The molecule has 2 amide bonds. The van der Waals surface area contributed by atoms with E-state index < -0.39 is 0 Å². The van der Waals surface area contributed by atoms with Gasteiger partial charge in [0.05, 0.1) is 49.1 Å². The first-order valence-corrected chi connectivity index (χ1v) is 13.3. The molecule has 0 spiro atoms. The topological polar surface area (TPSA) is 73.5 Å². The zero-order valence-corrected chi connectivity index (χ0v) is 22.7. The molecule has 40 heavy (non-hydrogen) atoms. The number of hydrogen-bond acceptors (Lipinski definition) is 4. The predicted octanol–water partition coefficient (Wildman–Crippen LogP) is 6.52. The van der Waals surface area contributed by atoms with Gasteiger partial charge in [0, 0.05) is 11.8 Å². The molecule has 8 heteroatoms. The number of urea groups is 1. The number of nitrogens with one attached hydrogen (secondary N) is 1. The number of para-hydroxylation sites is 3. The summed E-state index contributed by atoms with van der Waals surface area (Å²) in [7, 11) is 1.65. The number of anilines is 1. The summed E-state index contributed by atoms with van der Waals surface area (Å²) < 4.78 is 15.3. The molecule has 3 aromatic carbocycles. The summed E-state index contributed by atoms with van der Waals surface area (Å²) >= 11 is 0. The molecule has 3 heterocycles. The molecule has 202 valence electrons. The Labute approximate surface area is 233 Å². The Hall–Kier alpha value is -4.98. The molecule has 8 nitrogen and oxygen atoms in total. The van der Waals surface area contributed by atoms with Crippen molar-refractivity contribution >= 4 is 11.7 Å². The fourth-order valence-corrected chi connectivity index (χ4v) is 5.32. The van der Waals surface area contributed by atoms with Crippen LogP contribution in [-0.2, 0) is 6.54 Å². The molecule has 0 fully saturated rings. The van der Waals surface area contributed by atoms with Crippen LogP contribution in [0, 0.1) is 6.92 Å². The summed E-state index contributed by atoms with van der Waals surface area (Å²) in [4.78, 5) is 16.1. The van der Waals surface area contributed by atoms with E-state index in [1.54, 1.807) is 7.11 Å². The fraction of sp³-hybridized carbons (Fsp3) is 0.188. The number of methoxy groups -OCH3 is 1. The van der Waals surface area contributed by atoms with Crippen molar-refractivity contribution in [2.75, 3.05) is 19.0 Å². The van der Waals surface area contributed by atoms with Gasteiger partial charge in [-0.25, -0.2) is 9.48 Å². The van der Waals surface area contributed by atoms with Crippen molar-refractivity contribution in [2.24, 2.45) is 0 Å². The fourth-order valence-electron chi connectivity index (χ4n) is 5.32. The van der Waals surface area contributed by atoms with E-state index in [0.29, 0.717) is 24.6 Å². The largest absolute Gasteiger partial charge is 0.497 e. The maximum Gasteiger partial charge on any atom is 0.323 e. The van der Waals surface area contributed by atoms with Crippen molar-refractivity contribution in [3.63, 3.8) is 0 Å². The molecule has 1 atom stereocenters. The number of amides is 2. The van der Waals surface area contributed by atoms with Gasteiger partial charge in [0.2, 0.25) is 0 Å². The third-order valence-electron chi connectivity index (χ3n) is 7.21. The van der Waals surface area contributed by atoms with Crippen molar-refractivity contribution < 1.29 is 14.3 Å². The van der Waals surface area contributed by atoms with E-state index in [1.165, 1.54) is 0 Å². The van der Waals surface area contributed by atoms with Crippen LogP contribution >= 0.6 is 0 Å². The lowest BCUT2D eigenvalue weighted by molar-refractivity contribution is 0.194. The third-order valence-corrected chi connectivity index (χ3v) is 7.21. The van der Waals surface area contributed by atoms with Crippen LogP contribution in [0.1, 0.15) is 35.5 Å². The quantitative estimate of drug-likeness (QED) is 0.270. The van der Waals surface area contributed by atoms with Crippen LogP contribution in [-0.4, -0.2) is 39.0 Å². The van der Waals surface area contributed by atoms with E-state index in [0.717, 1.165) is 39.8 Å². The Kier molecular flexibility index (Phi) is 6.74. The number of benzene rings is 3. The second kappa shape index (κ2) is 10.6. The normalized spacial score (nSPS) is 14.2. The summed E-state index contributed by atoms with van der Waals surface area (Å²) in [6, 6.07) is 28.9. The first-order valence-electron chi connectivity index (χ1n) is 13.3. The van der Waals surface area contributed by atoms with Gasteiger partial charge >= 0.3 is 6.03 Å². The smallest absolute Gasteiger partial charge is 0.323 e. The Morgan fingerprint density at radius 2 is 1.73 bits per heavy atom. The minimum absolute atomic E-state index is 0.236. The van der Waals surface area contributed by atoms with Crippen molar-refractivity contribution in [1.29, 1.82) is 0 Å². The highest BCUT2D eigenvalue weighted by molar-refractivity contribution is 5.91. The molecule has 0 saturated carbocycles. The molecule has 6 rings (SSSR count). The van der Waals surface area contributed by atoms with Gasteiger partial charge in [-0.05, 0) is 67.9 Å². The SMILES string of the molecule is CCOc1ccccc1NC(=O)N1Cc2c(C)nn(-c3ccccc3)c2-n2cccc2[C@H]1c1ccc(OC)cc1. The van der Waals surface area contributed by atoms with Crippen LogP contribution in [0.5, 0.6) is 11.5 Å². The monoisotopic (exact) mass is 533 g/mol. The number of carbonyl (C=O) groups excluding carboxylic acids is 1. The van der Waals surface area contributed by atoms with Crippen LogP contribution in [0.15, 0.2) is 97.2 Å². The van der Waals surface area contributed by atoms with E-state index in [-0.39, 0.29) is 12.1 Å². The van der Waals surface area contributed by atoms with E-state index >= 15 is 0 Å². The van der Waals surface area contributed by atoms with Gasteiger partial charge in [0.15, 0.2) is 0 Å². The Bertz CT molecular complexity index is 1640. The maximum absolute atomic E-state index is 14.2. The van der Waals surface area contributed by atoms with Crippen LogP contribution in [0.3, 0.4) is 0 Å². The zero-order valence-electron chi connectivity index (χ0n) is 22.7. The highest BCUT2D eigenvalue weighted by Crippen LogP contribution is 2.39. The number of ether oxygens (including phenoxy) is 2. The van der Waals surface area contributed by atoms with E-state index in [9.17, 15) is 4.79 Å². The molecule has 2 aromatic heterocycles. The van der Waals surface area contributed by atoms with Gasteiger partial charge in [0.25, 0.3) is 0 Å². The Morgan fingerprint density at radius 1 is 0.975 bits per heavy atom. The standard InChI is InChI=1S/C32H31N5O3/c1-4-40-29-15-9-8-13-27(29)33-32(38)36-21-26-22(2)34-37(24-11-6-5-7-12-24)31(26)35-20-10-14-28(35)30(36)23-16-18-25(39-3)19-17-23/h5-20,30H,4,21H2,1-3H3,(H,33,38)/t30-/m1/s1. The molecule has 1 aliphatic heterocycles. The summed E-state index contributed by atoms with van der Waals surface area (Å²) in [5, 5.41) is 8.05. The second-order valence-corrected chi connectivity index (χ2v) is 9.60. The molecule has 0 radical (unpaired) electrons. The zero-order chi connectivity index (χ0) is 27.6. The first-order chi connectivity index (χ1) is 19.6. The number of nitrogens with zero attached hydrogens (tertiary/aromatic N) is 4. The Morgan fingerprint density at radius 3 is 2.48 bits per heavy atom. The number of aryl methyl sites for hydroxylation is 1. The average Bonchev–Trinajstić information content (AvgIpc) is 3.55. The van der Waals surface area contributed by atoms with Crippen LogP contribution in [0.2, 0.25) is 0 Å². The molecule has 1 N–H and O–H groups in total. The summed E-state index contributed by atoms with van der Waals surface area (Å²) in [5.41, 5.74) is 5.34. The van der Waals surface area contributed by atoms with Crippen LogP contribution < -0.4 is 14.8 Å². The predicted molar refractivity (Wildman–Crippen MR) is 155 cm³/mol. The number of rotatable bonds is 6. The lowest BCUT2D eigenvalue weighted by atomic mass is 10.0. The minimum Gasteiger partial charge on any atom is -0.497 e. The van der Waals surface area contributed by atoms with Crippen molar-refractivity contribution in [3.05, 3.63) is 120 Å². The number of fused-ring (bicyclic) bond motifs is 3. The maximum atomic E-state index is 14.2. The van der Waals surface area contributed by atoms with Crippen molar-refractivity contribution in [3.8, 4) is 23.0 Å². The minimum atomic E-state index is -0.379. The lowest BCUT2D eigenvalue weighted by Gasteiger charge is -2.31. The van der Waals surface area contributed by atoms with Gasteiger partial charge in [-0.3, -0.25) is 0 Å². The molecule has 5 aromatic rings. The summed E-state index contributed by atoms with van der Waals surface area (Å²) in [6.07, 6.45) is 2.04. The molecule has 0 bridgehead atoms. The molecular formula is C32H31N5O3. The van der Waals surface area contributed by atoms with Gasteiger partial charge in [-0.15, -0.1) is 0 Å². The van der Waals surface area contributed by atoms with Crippen LogP contribution in [0.25, 0.3) is 11.5 Å². The van der Waals surface area contributed by atoms with Crippen LogP contribution in [0.4, 0.5) is 10.5 Å².